The first-order valence-corrected chi connectivity index (χ1v) is 7.61. The molecule has 1 N–H and O–H groups in total. The zero-order valence-corrected chi connectivity index (χ0v) is 13.7. The second-order valence-corrected chi connectivity index (χ2v) is 5.71. The normalized spacial score (nSPS) is 10.7. The van der Waals surface area contributed by atoms with Crippen molar-refractivity contribution in [3.63, 3.8) is 0 Å². The summed E-state index contributed by atoms with van der Waals surface area (Å²) in [6.07, 6.45) is 2.80. The molecule has 112 valence electrons. The summed E-state index contributed by atoms with van der Waals surface area (Å²) in [6.45, 7) is 5.97. The van der Waals surface area contributed by atoms with Gasteiger partial charge in [0.15, 0.2) is 0 Å². The first-order chi connectivity index (χ1) is 10.1. The number of hydrogen-bond acceptors (Lipinski definition) is 3. The van der Waals surface area contributed by atoms with Gasteiger partial charge in [-0.3, -0.25) is 4.98 Å². The fourth-order valence-corrected chi connectivity index (χ4v) is 2.71. The van der Waals surface area contributed by atoms with E-state index in [0.717, 1.165) is 34.4 Å². The van der Waals surface area contributed by atoms with Crippen molar-refractivity contribution in [3.05, 3.63) is 57.6 Å². The fraction of sp³-hybridized carbons (Fsp3) is 0.312. The summed E-state index contributed by atoms with van der Waals surface area (Å²) in [5.41, 5.74) is 2.83. The summed E-state index contributed by atoms with van der Waals surface area (Å²) >= 11 is 3.50. The van der Waals surface area contributed by atoms with Gasteiger partial charge in [0.1, 0.15) is 18.2 Å². The van der Waals surface area contributed by atoms with E-state index in [0.29, 0.717) is 12.2 Å². The number of benzene rings is 1. The van der Waals surface area contributed by atoms with E-state index >= 15 is 0 Å². The lowest BCUT2D eigenvalue weighted by Crippen LogP contribution is -2.13. The first kappa shape index (κ1) is 15.9. The number of aryl methyl sites for hydroxylation is 1. The molecular weight excluding hydrogens is 335 g/mol. The van der Waals surface area contributed by atoms with E-state index in [-0.39, 0.29) is 5.82 Å². The maximum Gasteiger partial charge on any atom is 0.141 e. The van der Waals surface area contributed by atoms with E-state index < -0.39 is 0 Å². The summed E-state index contributed by atoms with van der Waals surface area (Å²) in [7, 11) is 0. The Kier molecular flexibility index (Phi) is 5.70. The zero-order chi connectivity index (χ0) is 15.2. The molecule has 0 radical (unpaired) electrons. The minimum absolute atomic E-state index is 0.298. The molecule has 0 aliphatic heterocycles. The van der Waals surface area contributed by atoms with Gasteiger partial charge in [0.05, 0.1) is 6.20 Å². The third-order valence-electron chi connectivity index (χ3n) is 3.03. The maximum atomic E-state index is 13.1. The Hall–Kier alpha value is -1.46. The third-order valence-corrected chi connectivity index (χ3v) is 3.48. The van der Waals surface area contributed by atoms with Crippen LogP contribution in [0, 0.1) is 12.7 Å². The molecule has 2 aromatic rings. The molecule has 1 aromatic heterocycles. The summed E-state index contributed by atoms with van der Waals surface area (Å²) in [4.78, 5) is 3.83. The first-order valence-electron chi connectivity index (χ1n) is 6.82. The van der Waals surface area contributed by atoms with Crippen molar-refractivity contribution in [1.29, 1.82) is 0 Å². The van der Waals surface area contributed by atoms with Crippen LogP contribution in [0.3, 0.4) is 0 Å². The molecule has 0 fully saturated rings. The average molecular weight is 353 g/mol. The van der Waals surface area contributed by atoms with Crippen LogP contribution in [0.1, 0.15) is 23.6 Å². The minimum Gasteiger partial charge on any atom is -0.488 e. The van der Waals surface area contributed by atoms with Crippen molar-refractivity contribution in [2.75, 3.05) is 6.54 Å². The molecule has 0 aliphatic rings. The highest BCUT2D eigenvalue weighted by molar-refractivity contribution is 9.10. The zero-order valence-electron chi connectivity index (χ0n) is 12.1. The molecule has 2 rings (SSSR count). The van der Waals surface area contributed by atoms with Gasteiger partial charge in [-0.15, -0.1) is 0 Å². The van der Waals surface area contributed by atoms with E-state index in [4.69, 9.17) is 4.74 Å². The number of aromatic nitrogens is 1. The maximum absolute atomic E-state index is 13.1. The molecule has 0 bridgehead atoms. The Balaban J connectivity index is 2.18. The lowest BCUT2D eigenvalue weighted by atomic mass is 10.1. The van der Waals surface area contributed by atoms with Gasteiger partial charge in [0.25, 0.3) is 0 Å². The molecule has 5 heteroatoms. The number of nitrogens with zero attached hydrogens (tertiary/aromatic N) is 1. The molecule has 0 saturated heterocycles. The highest BCUT2D eigenvalue weighted by atomic mass is 79.9. The fourth-order valence-electron chi connectivity index (χ4n) is 2.09. The van der Waals surface area contributed by atoms with Gasteiger partial charge in [-0.2, -0.15) is 0 Å². The lowest BCUT2D eigenvalue weighted by Gasteiger charge is -2.15. The van der Waals surface area contributed by atoms with Crippen LogP contribution in [-0.2, 0) is 13.2 Å². The van der Waals surface area contributed by atoms with Crippen molar-refractivity contribution in [3.8, 4) is 5.75 Å². The van der Waals surface area contributed by atoms with Crippen LogP contribution in [0.4, 0.5) is 4.39 Å². The second-order valence-electron chi connectivity index (χ2n) is 4.79. The smallest absolute Gasteiger partial charge is 0.141 e. The van der Waals surface area contributed by atoms with Gasteiger partial charge in [-0.1, -0.05) is 22.9 Å². The van der Waals surface area contributed by atoms with Crippen molar-refractivity contribution >= 4 is 15.9 Å². The van der Waals surface area contributed by atoms with Gasteiger partial charge in [0.2, 0.25) is 0 Å². The van der Waals surface area contributed by atoms with E-state index in [9.17, 15) is 4.39 Å². The third kappa shape index (κ3) is 4.51. The van der Waals surface area contributed by atoms with Crippen molar-refractivity contribution in [2.24, 2.45) is 0 Å². The van der Waals surface area contributed by atoms with Crippen LogP contribution in [0.25, 0.3) is 0 Å². The second kappa shape index (κ2) is 7.52. The molecular formula is C16H18BrFN2O. The molecule has 0 spiro atoms. The number of nitrogens with one attached hydrogen (secondary N) is 1. The standard InChI is InChI=1S/C16H18BrFN2O/c1-3-19-8-13-6-14(17)4-11(2)16(13)21-10-12-5-15(18)9-20-7-12/h4-7,9,19H,3,8,10H2,1-2H3. The summed E-state index contributed by atoms with van der Waals surface area (Å²) in [5, 5.41) is 3.29. The molecule has 0 amide bonds. The Morgan fingerprint density at radius 1 is 1.29 bits per heavy atom. The predicted octanol–water partition coefficient (Wildman–Crippen LogP) is 3.98. The number of ether oxygens (including phenoxy) is 1. The quantitative estimate of drug-likeness (QED) is 0.853. The van der Waals surface area contributed by atoms with E-state index in [1.165, 1.54) is 12.3 Å². The molecule has 3 nitrogen and oxygen atoms in total. The molecule has 0 unspecified atom stereocenters. The van der Waals surface area contributed by atoms with E-state index in [1.807, 2.05) is 19.1 Å². The molecule has 1 heterocycles. The van der Waals surface area contributed by atoms with Crippen LogP contribution in [0.2, 0.25) is 0 Å². The monoisotopic (exact) mass is 352 g/mol. The largest absolute Gasteiger partial charge is 0.488 e. The minimum atomic E-state index is -0.350. The van der Waals surface area contributed by atoms with Crippen LogP contribution in [-0.4, -0.2) is 11.5 Å². The lowest BCUT2D eigenvalue weighted by molar-refractivity contribution is 0.299. The van der Waals surface area contributed by atoms with Gasteiger partial charge in [0, 0.05) is 28.3 Å². The van der Waals surface area contributed by atoms with Gasteiger partial charge in [-0.25, -0.2) is 4.39 Å². The molecule has 1 aromatic carbocycles. The number of hydrogen-bond donors (Lipinski definition) is 1. The highest BCUT2D eigenvalue weighted by Crippen LogP contribution is 2.28. The number of rotatable bonds is 6. The Labute approximate surface area is 132 Å². The summed E-state index contributed by atoms with van der Waals surface area (Å²) in [6, 6.07) is 5.48. The van der Waals surface area contributed by atoms with Crippen LogP contribution >= 0.6 is 15.9 Å². The number of halogens is 2. The summed E-state index contributed by atoms with van der Waals surface area (Å²) in [5.74, 6) is 0.486. The molecule has 0 saturated carbocycles. The predicted molar refractivity (Wildman–Crippen MR) is 84.8 cm³/mol. The highest BCUT2D eigenvalue weighted by Gasteiger charge is 2.09. The van der Waals surface area contributed by atoms with Crippen molar-refractivity contribution in [2.45, 2.75) is 27.0 Å². The molecule has 0 atom stereocenters. The van der Waals surface area contributed by atoms with Crippen molar-refractivity contribution < 1.29 is 9.13 Å². The van der Waals surface area contributed by atoms with Gasteiger partial charge in [-0.05, 0) is 37.2 Å². The number of pyridine rings is 1. The SMILES string of the molecule is CCNCc1cc(Br)cc(C)c1OCc1cncc(F)c1. The van der Waals surface area contributed by atoms with E-state index in [2.05, 4.69) is 33.2 Å². The topological polar surface area (TPSA) is 34.1 Å². The Bertz CT molecular complexity index is 619. The van der Waals surface area contributed by atoms with Gasteiger partial charge < -0.3 is 10.1 Å². The van der Waals surface area contributed by atoms with Crippen LogP contribution < -0.4 is 10.1 Å². The molecule has 0 aliphatic carbocycles. The average Bonchev–Trinajstić information content (AvgIpc) is 2.44. The van der Waals surface area contributed by atoms with Crippen LogP contribution in [0.5, 0.6) is 5.75 Å². The van der Waals surface area contributed by atoms with Crippen LogP contribution in [0.15, 0.2) is 35.1 Å². The Morgan fingerprint density at radius 2 is 2.10 bits per heavy atom. The Morgan fingerprint density at radius 3 is 2.81 bits per heavy atom. The molecule has 21 heavy (non-hydrogen) atoms. The van der Waals surface area contributed by atoms with E-state index in [1.54, 1.807) is 6.20 Å². The van der Waals surface area contributed by atoms with Gasteiger partial charge >= 0.3 is 0 Å². The van der Waals surface area contributed by atoms with Crippen molar-refractivity contribution in [1.82, 2.24) is 10.3 Å². The summed E-state index contributed by atoms with van der Waals surface area (Å²) < 4.78 is 20.1.